The Kier molecular flexibility index (Phi) is 4.32. The highest BCUT2D eigenvalue weighted by Crippen LogP contribution is 2.32. The number of nitrogens with zero attached hydrogens (tertiary/aromatic N) is 1. The molecule has 2 aromatic rings. The van der Waals surface area contributed by atoms with Crippen LogP contribution < -0.4 is 5.32 Å². The van der Waals surface area contributed by atoms with Crippen LogP contribution in [0, 0.1) is 11.6 Å². The van der Waals surface area contributed by atoms with E-state index in [4.69, 9.17) is 11.6 Å². The Bertz CT molecular complexity index is 657. The normalized spacial score (nSPS) is 11.5. The molecule has 2 nitrogen and oxygen atoms in total. The van der Waals surface area contributed by atoms with Gasteiger partial charge in [0.2, 0.25) is 0 Å². The third-order valence-electron chi connectivity index (χ3n) is 2.59. The van der Waals surface area contributed by atoms with Gasteiger partial charge in [-0.2, -0.15) is 13.2 Å². The van der Waals surface area contributed by atoms with Gasteiger partial charge in [-0.15, -0.1) is 0 Å². The summed E-state index contributed by atoms with van der Waals surface area (Å²) in [6.07, 6.45) is -4.58. The summed E-state index contributed by atoms with van der Waals surface area (Å²) in [5.41, 5.74) is -1.02. The molecule has 8 heteroatoms. The van der Waals surface area contributed by atoms with E-state index >= 15 is 0 Å². The van der Waals surface area contributed by atoms with E-state index in [1.807, 2.05) is 0 Å². The molecule has 0 saturated carbocycles. The first-order valence-corrected chi connectivity index (χ1v) is 6.06. The molecule has 0 fully saturated rings. The Morgan fingerprint density at radius 2 is 1.81 bits per heavy atom. The summed E-state index contributed by atoms with van der Waals surface area (Å²) < 4.78 is 64.2. The highest BCUT2D eigenvalue weighted by atomic mass is 35.5. The molecule has 1 N–H and O–H groups in total. The molecule has 0 atom stereocenters. The van der Waals surface area contributed by atoms with Crippen molar-refractivity contribution >= 4 is 17.4 Å². The van der Waals surface area contributed by atoms with Crippen LogP contribution in [-0.4, -0.2) is 4.98 Å². The van der Waals surface area contributed by atoms with E-state index < -0.39 is 23.4 Å². The molecule has 0 amide bonds. The van der Waals surface area contributed by atoms with E-state index in [2.05, 4.69) is 10.3 Å². The van der Waals surface area contributed by atoms with Gasteiger partial charge in [-0.25, -0.2) is 13.8 Å². The first kappa shape index (κ1) is 15.5. The maximum Gasteiger partial charge on any atom is 0.416 e. The van der Waals surface area contributed by atoms with Crippen LogP contribution in [0.2, 0.25) is 5.15 Å². The third kappa shape index (κ3) is 4.04. The molecule has 0 radical (unpaired) electrons. The van der Waals surface area contributed by atoms with Crippen molar-refractivity contribution in [2.45, 2.75) is 12.7 Å². The van der Waals surface area contributed by atoms with Crippen LogP contribution >= 0.6 is 11.6 Å². The van der Waals surface area contributed by atoms with Crippen molar-refractivity contribution in [2.24, 2.45) is 0 Å². The summed E-state index contributed by atoms with van der Waals surface area (Å²) in [6.45, 7) is -0.228. The number of halogens is 6. The monoisotopic (exact) mass is 322 g/mol. The molecule has 1 aromatic heterocycles. The number of pyridine rings is 1. The maximum absolute atomic E-state index is 13.4. The Labute approximate surface area is 121 Å². The molecule has 0 unspecified atom stereocenters. The van der Waals surface area contributed by atoms with Gasteiger partial charge in [-0.1, -0.05) is 11.6 Å². The number of aromatic nitrogens is 1. The van der Waals surface area contributed by atoms with Gasteiger partial charge in [0.1, 0.15) is 22.6 Å². The third-order valence-corrected chi connectivity index (χ3v) is 2.78. The van der Waals surface area contributed by atoms with Crippen molar-refractivity contribution in [3.63, 3.8) is 0 Å². The second-order valence-corrected chi connectivity index (χ2v) is 4.54. The van der Waals surface area contributed by atoms with E-state index in [1.165, 1.54) is 0 Å². The highest BCUT2D eigenvalue weighted by molar-refractivity contribution is 6.29. The molecule has 1 heterocycles. The molecule has 0 aliphatic heterocycles. The lowest BCUT2D eigenvalue weighted by atomic mass is 10.2. The first-order valence-electron chi connectivity index (χ1n) is 5.68. The fourth-order valence-electron chi connectivity index (χ4n) is 1.62. The smallest absolute Gasteiger partial charge is 0.366 e. The van der Waals surface area contributed by atoms with Gasteiger partial charge in [0, 0.05) is 12.1 Å². The Hall–Kier alpha value is -1.89. The van der Waals surface area contributed by atoms with Gasteiger partial charge in [-0.05, 0) is 30.3 Å². The van der Waals surface area contributed by atoms with Gasteiger partial charge >= 0.3 is 6.18 Å². The second-order valence-electron chi connectivity index (χ2n) is 4.15. The molecular formula is C13H8ClF5N2. The van der Waals surface area contributed by atoms with Gasteiger partial charge in [0.15, 0.2) is 0 Å². The zero-order valence-corrected chi connectivity index (χ0v) is 11.1. The lowest BCUT2D eigenvalue weighted by Gasteiger charge is -2.11. The highest BCUT2D eigenvalue weighted by Gasteiger charge is 2.31. The number of anilines is 1. The van der Waals surface area contributed by atoms with E-state index in [-0.39, 0.29) is 23.1 Å². The Balaban J connectivity index is 2.20. The van der Waals surface area contributed by atoms with Crippen molar-refractivity contribution < 1.29 is 22.0 Å². The molecule has 0 aliphatic carbocycles. The van der Waals surface area contributed by atoms with Gasteiger partial charge in [-0.3, -0.25) is 0 Å². The summed E-state index contributed by atoms with van der Waals surface area (Å²) in [5, 5.41) is 2.13. The van der Waals surface area contributed by atoms with Gasteiger partial charge in [0.05, 0.1) is 5.56 Å². The van der Waals surface area contributed by atoms with Crippen LogP contribution in [0.4, 0.5) is 27.8 Å². The van der Waals surface area contributed by atoms with Crippen LogP contribution in [0.25, 0.3) is 0 Å². The molecule has 2 rings (SSSR count). The molecule has 21 heavy (non-hydrogen) atoms. The van der Waals surface area contributed by atoms with E-state index in [9.17, 15) is 22.0 Å². The molecule has 1 aromatic carbocycles. The molecule has 0 aliphatic rings. The topological polar surface area (TPSA) is 24.9 Å². The molecule has 0 spiro atoms. The van der Waals surface area contributed by atoms with Crippen molar-refractivity contribution in [3.05, 3.63) is 58.2 Å². The van der Waals surface area contributed by atoms with Gasteiger partial charge in [0.25, 0.3) is 0 Å². The van der Waals surface area contributed by atoms with E-state index in [1.54, 1.807) is 0 Å². The van der Waals surface area contributed by atoms with Crippen LogP contribution in [0.1, 0.15) is 11.1 Å². The van der Waals surface area contributed by atoms with Crippen molar-refractivity contribution in [2.75, 3.05) is 5.32 Å². The van der Waals surface area contributed by atoms with Gasteiger partial charge < -0.3 is 5.32 Å². The summed E-state index contributed by atoms with van der Waals surface area (Å²) in [5.74, 6) is -1.51. The van der Waals surface area contributed by atoms with Crippen molar-refractivity contribution in [1.29, 1.82) is 0 Å². The quantitative estimate of drug-likeness (QED) is 0.657. The number of hydrogen-bond donors (Lipinski definition) is 1. The molecule has 0 bridgehead atoms. The summed E-state index contributed by atoms with van der Waals surface area (Å²) in [6, 6.07) is 4.23. The van der Waals surface area contributed by atoms with E-state index in [0.29, 0.717) is 6.07 Å². The van der Waals surface area contributed by atoms with Crippen molar-refractivity contribution in [3.8, 4) is 0 Å². The van der Waals surface area contributed by atoms with Crippen LogP contribution in [0.15, 0.2) is 30.3 Å². The zero-order chi connectivity index (χ0) is 15.6. The Morgan fingerprint density at radius 1 is 1.10 bits per heavy atom. The number of benzene rings is 1. The average molecular weight is 323 g/mol. The zero-order valence-electron chi connectivity index (χ0n) is 10.3. The van der Waals surface area contributed by atoms with E-state index in [0.717, 1.165) is 24.3 Å². The summed E-state index contributed by atoms with van der Waals surface area (Å²) in [4.78, 5) is 3.65. The lowest BCUT2D eigenvalue weighted by molar-refractivity contribution is -0.137. The second kappa shape index (κ2) is 5.85. The van der Waals surface area contributed by atoms with Crippen LogP contribution in [-0.2, 0) is 12.7 Å². The minimum Gasteiger partial charge on any atom is -0.366 e. The summed E-state index contributed by atoms with van der Waals surface area (Å²) >= 11 is 5.51. The number of alkyl halides is 3. The average Bonchev–Trinajstić information content (AvgIpc) is 2.38. The Morgan fingerprint density at radius 3 is 2.48 bits per heavy atom. The van der Waals surface area contributed by atoms with Crippen LogP contribution in [0.5, 0.6) is 0 Å². The minimum atomic E-state index is -4.58. The summed E-state index contributed by atoms with van der Waals surface area (Å²) in [7, 11) is 0. The first-order chi connectivity index (χ1) is 9.75. The standard InChI is InChI=1S/C13H8ClF5N2/c14-11-4-8(13(17,18)19)5-12(21-11)20-6-7-3-9(15)1-2-10(7)16/h1-5H,6H2,(H,20,21). The maximum atomic E-state index is 13.4. The fraction of sp³-hybridized carbons (Fsp3) is 0.154. The largest absolute Gasteiger partial charge is 0.416 e. The molecule has 112 valence electrons. The fourth-order valence-corrected chi connectivity index (χ4v) is 1.82. The number of rotatable bonds is 3. The van der Waals surface area contributed by atoms with Crippen LogP contribution in [0.3, 0.4) is 0 Å². The minimum absolute atomic E-state index is 0.0367. The predicted molar refractivity (Wildman–Crippen MR) is 67.9 cm³/mol. The molecular weight excluding hydrogens is 315 g/mol. The number of nitrogens with one attached hydrogen (secondary N) is 1. The predicted octanol–water partition coefficient (Wildman–Crippen LogP) is 4.64. The lowest BCUT2D eigenvalue weighted by Crippen LogP contribution is -2.09. The number of hydrogen-bond acceptors (Lipinski definition) is 2. The van der Waals surface area contributed by atoms with Crippen molar-refractivity contribution in [1.82, 2.24) is 4.98 Å². The SMILES string of the molecule is Fc1ccc(F)c(CNc2cc(C(F)(F)F)cc(Cl)n2)c1. The molecule has 0 saturated heterocycles.